The van der Waals surface area contributed by atoms with Crippen molar-refractivity contribution in [3.05, 3.63) is 35.7 Å². The van der Waals surface area contributed by atoms with Gasteiger partial charge in [0.2, 0.25) is 5.92 Å². The van der Waals surface area contributed by atoms with Gasteiger partial charge < -0.3 is 0 Å². The van der Waals surface area contributed by atoms with Crippen LogP contribution >= 0.6 is 0 Å². The first kappa shape index (κ1) is 15.6. The Bertz CT molecular complexity index is 493. The fourth-order valence-corrected chi connectivity index (χ4v) is 4.01. The standard InChI is InChI=1S/C19H25F2N/c20-19(21)11-9-16(10-12-19)18(15-6-2-1-3-7-15)14-17-8-4-5-13-22-17/h4-5,8,13-16H,1-3,6-7,9-12H2/b18-14-. The Morgan fingerprint density at radius 3 is 2.32 bits per heavy atom. The van der Waals surface area contributed by atoms with Crippen LogP contribution in [0.5, 0.6) is 0 Å². The first-order valence-electron chi connectivity index (χ1n) is 8.64. The molecule has 2 fully saturated rings. The number of nitrogens with zero attached hydrogens (tertiary/aromatic N) is 1. The highest BCUT2D eigenvalue weighted by Gasteiger charge is 2.37. The van der Waals surface area contributed by atoms with Crippen LogP contribution in [0, 0.1) is 11.8 Å². The molecule has 1 nitrogen and oxygen atoms in total. The number of alkyl halides is 2. The SMILES string of the molecule is FC1(F)CCC(/C(=C\c2ccccn2)C2CCCCC2)CC1. The summed E-state index contributed by atoms with van der Waals surface area (Å²) in [5.41, 5.74) is 2.37. The molecular formula is C19H25F2N. The van der Waals surface area contributed by atoms with E-state index in [0.717, 1.165) is 5.69 Å². The summed E-state index contributed by atoms with van der Waals surface area (Å²) in [4.78, 5) is 4.41. The molecule has 22 heavy (non-hydrogen) atoms. The van der Waals surface area contributed by atoms with Crippen LogP contribution in [0.1, 0.15) is 63.5 Å². The minimum Gasteiger partial charge on any atom is -0.257 e. The van der Waals surface area contributed by atoms with Crippen molar-refractivity contribution in [3.8, 4) is 0 Å². The van der Waals surface area contributed by atoms with Crippen LogP contribution in [0.15, 0.2) is 30.0 Å². The molecule has 3 rings (SSSR count). The lowest BCUT2D eigenvalue weighted by molar-refractivity contribution is -0.0429. The van der Waals surface area contributed by atoms with E-state index in [2.05, 4.69) is 11.1 Å². The second-order valence-corrected chi connectivity index (χ2v) is 6.86. The lowest BCUT2D eigenvalue weighted by Gasteiger charge is -2.35. The van der Waals surface area contributed by atoms with Gasteiger partial charge in [0.25, 0.3) is 0 Å². The van der Waals surface area contributed by atoms with Gasteiger partial charge in [-0.1, -0.05) is 30.9 Å². The molecule has 2 saturated carbocycles. The summed E-state index contributed by atoms with van der Waals surface area (Å²) in [5.74, 6) is -1.55. The summed E-state index contributed by atoms with van der Waals surface area (Å²) in [5, 5.41) is 0. The highest BCUT2D eigenvalue weighted by molar-refractivity contribution is 5.50. The third-order valence-corrected chi connectivity index (χ3v) is 5.27. The summed E-state index contributed by atoms with van der Waals surface area (Å²) in [6.45, 7) is 0. The molecule has 0 bridgehead atoms. The fourth-order valence-electron chi connectivity index (χ4n) is 4.01. The molecule has 0 atom stereocenters. The van der Waals surface area contributed by atoms with Crippen molar-refractivity contribution in [2.75, 3.05) is 0 Å². The van der Waals surface area contributed by atoms with E-state index in [1.807, 2.05) is 18.2 Å². The first-order chi connectivity index (χ1) is 10.6. The minimum absolute atomic E-state index is 0.0456. The predicted octanol–water partition coefficient (Wildman–Crippen LogP) is 5.87. The Morgan fingerprint density at radius 2 is 1.68 bits per heavy atom. The average Bonchev–Trinajstić information content (AvgIpc) is 2.55. The number of hydrogen-bond acceptors (Lipinski definition) is 1. The molecule has 0 unspecified atom stereocenters. The number of aromatic nitrogens is 1. The summed E-state index contributed by atoms with van der Waals surface area (Å²) in [7, 11) is 0. The van der Waals surface area contributed by atoms with Gasteiger partial charge in [0, 0.05) is 19.0 Å². The number of hydrogen-bond donors (Lipinski definition) is 0. The van der Waals surface area contributed by atoms with Gasteiger partial charge in [0.15, 0.2) is 0 Å². The fraction of sp³-hybridized carbons (Fsp3) is 0.632. The van der Waals surface area contributed by atoms with Crippen LogP contribution in [-0.2, 0) is 0 Å². The molecule has 1 heterocycles. The Balaban J connectivity index is 1.81. The van der Waals surface area contributed by atoms with E-state index >= 15 is 0 Å². The van der Waals surface area contributed by atoms with Crippen LogP contribution in [0.25, 0.3) is 6.08 Å². The molecule has 2 aliphatic carbocycles. The summed E-state index contributed by atoms with van der Waals surface area (Å²) >= 11 is 0. The van der Waals surface area contributed by atoms with Gasteiger partial charge in [-0.05, 0) is 55.7 Å². The largest absolute Gasteiger partial charge is 0.257 e. The van der Waals surface area contributed by atoms with Crippen LogP contribution in [-0.4, -0.2) is 10.9 Å². The van der Waals surface area contributed by atoms with Crippen molar-refractivity contribution in [3.63, 3.8) is 0 Å². The van der Waals surface area contributed by atoms with Gasteiger partial charge in [-0.25, -0.2) is 8.78 Å². The van der Waals surface area contributed by atoms with Crippen LogP contribution in [0.3, 0.4) is 0 Å². The van der Waals surface area contributed by atoms with Gasteiger partial charge in [-0.15, -0.1) is 0 Å². The molecule has 0 aromatic carbocycles. The maximum atomic E-state index is 13.5. The van der Waals surface area contributed by atoms with Crippen LogP contribution in [0.4, 0.5) is 8.78 Å². The maximum absolute atomic E-state index is 13.5. The Labute approximate surface area is 131 Å². The molecule has 3 heteroatoms. The second kappa shape index (κ2) is 6.89. The van der Waals surface area contributed by atoms with E-state index in [-0.39, 0.29) is 12.8 Å². The number of pyridine rings is 1. The summed E-state index contributed by atoms with van der Waals surface area (Å²) in [6.07, 6.45) is 11.6. The van der Waals surface area contributed by atoms with Gasteiger partial charge in [-0.3, -0.25) is 4.98 Å². The predicted molar refractivity (Wildman–Crippen MR) is 85.7 cm³/mol. The molecular weight excluding hydrogens is 280 g/mol. The average molecular weight is 305 g/mol. The van der Waals surface area contributed by atoms with Crippen molar-refractivity contribution < 1.29 is 8.78 Å². The second-order valence-electron chi connectivity index (χ2n) is 6.86. The maximum Gasteiger partial charge on any atom is 0.248 e. The Hall–Kier alpha value is -1.25. The molecule has 1 aromatic heterocycles. The van der Waals surface area contributed by atoms with Gasteiger partial charge in [0.05, 0.1) is 5.69 Å². The summed E-state index contributed by atoms with van der Waals surface area (Å²) < 4.78 is 27.0. The highest BCUT2D eigenvalue weighted by atomic mass is 19.3. The third-order valence-electron chi connectivity index (χ3n) is 5.27. The topological polar surface area (TPSA) is 12.9 Å². The van der Waals surface area contributed by atoms with Crippen molar-refractivity contribution in [2.45, 2.75) is 63.7 Å². The van der Waals surface area contributed by atoms with E-state index in [9.17, 15) is 8.78 Å². The van der Waals surface area contributed by atoms with Crippen LogP contribution < -0.4 is 0 Å². The monoisotopic (exact) mass is 305 g/mol. The molecule has 1 aromatic rings. The van der Waals surface area contributed by atoms with E-state index in [4.69, 9.17) is 0 Å². The molecule has 0 N–H and O–H groups in total. The molecule has 0 spiro atoms. The molecule has 0 saturated heterocycles. The zero-order valence-corrected chi connectivity index (χ0v) is 13.1. The van der Waals surface area contributed by atoms with E-state index in [0.29, 0.717) is 24.7 Å². The van der Waals surface area contributed by atoms with Gasteiger partial charge >= 0.3 is 0 Å². The molecule has 2 aliphatic rings. The van der Waals surface area contributed by atoms with Gasteiger partial charge in [0.1, 0.15) is 0 Å². The Kier molecular flexibility index (Phi) is 4.90. The highest BCUT2D eigenvalue weighted by Crippen LogP contribution is 2.44. The molecule has 0 aliphatic heterocycles. The minimum atomic E-state index is -2.45. The van der Waals surface area contributed by atoms with E-state index < -0.39 is 5.92 Å². The molecule has 0 radical (unpaired) electrons. The molecule has 0 amide bonds. The first-order valence-corrected chi connectivity index (χ1v) is 8.64. The molecule has 120 valence electrons. The number of rotatable bonds is 3. The third kappa shape index (κ3) is 3.93. The Morgan fingerprint density at radius 1 is 1.00 bits per heavy atom. The lowest BCUT2D eigenvalue weighted by Crippen LogP contribution is -2.27. The lowest BCUT2D eigenvalue weighted by atomic mass is 9.72. The summed E-state index contributed by atoms with van der Waals surface area (Å²) in [6, 6.07) is 5.92. The van der Waals surface area contributed by atoms with Crippen molar-refractivity contribution in [1.29, 1.82) is 0 Å². The quantitative estimate of drug-likeness (QED) is 0.680. The van der Waals surface area contributed by atoms with Crippen molar-refractivity contribution in [2.24, 2.45) is 11.8 Å². The number of allylic oxidation sites excluding steroid dienone is 1. The normalized spacial score (nSPS) is 24.4. The zero-order chi connectivity index (χ0) is 15.4. The van der Waals surface area contributed by atoms with Crippen LogP contribution in [0.2, 0.25) is 0 Å². The van der Waals surface area contributed by atoms with E-state index in [1.165, 1.54) is 37.7 Å². The zero-order valence-electron chi connectivity index (χ0n) is 13.1. The smallest absolute Gasteiger partial charge is 0.248 e. The van der Waals surface area contributed by atoms with Gasteiger partial charge in [-0.2, -0.15) is 0 Å². The van der Waals surface area contributed by atoms with Crippen molar-refractivity contribution >= 4 is 6.08 Å². The van der Waals surface area contributed by atoms with E-state index in [1.54, 1.807) is 6.20 Å². The number of halogens is 2. The van der Waals surface area contributed by atoms with Crippen molar-refractivity contribution in [1.82, 2.24) is 4.98 Å².